The molecule has 3 rings (SSSR count). The molecule has 0 aliphatic rings. The number of hydrogen-bond acceptors (Lipinski definition) is 3. The first-order chi connectivity index (χ1) is 12.7. The fourth-order valence-corrected chi connectivity index (χ4v) is 2.88. The maximum atomic E-state index is 14.7. The monoisotopic (exact) mass is 409 g/mol. The number of hydrogen-bond donors (Lipinski definition) is 0. The molecule has 28 heavy (non-hydrogen) atoms. The van der Waals surface area contributed by atoms with E-state index in [9.17, 15) is 40.3 Å². The Hall–Kier alpha value is -2.92. The largest absolute Gasteiger partial charge is 0.460 e. The number of rotatable bonds is 2. The van der Waals surface area contributed by atoms with Crippen molar-refractivity contribution < 1.29 is 30.7 Å². The lowest BCUT2D eigenvalue weighted by molar-refractivity contribution is -0.358. The van der Waals surface area contributed by atoms with Crippen molar-refractivity contribution in [2.24, 2.45) is 14.1 Å². The second-order valence-corrected chi connectivity index (χ2v) is 6.05. The molecule has 0 saturated carbocycles. The van der Waals surface area contributed by atoms with Gasteiger partial charge in [-0.1, -0.05) is 18.2 Å². The van der Waals surface area contributed by atoms with Crippen LogP contribution in [0, 0.1) is 0 Å². The van der Waals surface area contributed by atoms with Gasteiger partial charge in [-0.15, -0.1) is 0 Å². The van der Waals surface area contributed by atoms with Gasteiger partial charge < -0.3 is 0 Å². The molecule has 5 nitrogen and oxygen atoms in total. The highest BCUT2D eigenvalue weighted by atomic mass is 19.4. The smallest absolute Gasteiger partial charge is 0.280 e. The Bertz CT molecular complexity index is 1230. The summed E-state index contributed by atoms with van der Waals surface area (Å²) in [6, 6.07) is 4.34. The number of para-hydroxylation sites is 1. The van der Waals surface area contributed by atoms with Crippen molar-refractivity contribution in [3.05, 3.63) is 50.7 Å². The quantitative estimate of drug-likeness (QED) is 0.483. The Balaban J connectivity index is 2.68. The number of fused-ring (bicyclic) bond motifs is 2. The van der Waals surface area contributed by atoms with Gasteiger partial charge in [-0.05, 0) is 6.07 Å². The third-order valence-corrected chi connectivity index (χ3v) is 4.35. The normalized spacial score (nSPS) is 13.5. The second-order valence-electron chi connectivity index (χ2n) is 6.05. The Morgan fingerprint density at radius 2 is 1.46 bits per heavy atom. The lowest BCUT2D eigenvalue weighted by Gasteiger charge is -2.30. The molecule has 0 amide bonds. The minimum Gasteiger partial charge on any atom is -0.280 e. The molecule has 0 bridgehead atoms. The highest BCUT2D eigenvalue weighted by Gasteiger charge is 2.74. The summed E-state index contributed by atoms with van der Waals surface area (Å²) in [6.45, 7) is 0. The molecular weight excluding hydrogens is 399 g/mol. The van der Waals surface area contributed by atoms with Crippen molar-refractivity contribution in [3.63, 3.8) is 0 Å². The molecule has 3 aromatic rings. The third kappa shape index (κ3) is 2.43. The average molecular weight is 409 g/mol. The molecule has 0 spiro atoms. The van der Waals surface area contributed by atoms with Gasteiger partial charge in [0.05, 0.1) is 16.5 Å². The van der Waals surface area contributed by atoms with E-state index in [4.69, 9.17) is 0 Å². The molecule has 0 atom stereocenters. The standard InChI is InChI=1S/C16H10F7N3O2/c1-25-11-9(12(27)26(2)13(25)28)10(7-5-3-4-6-8(7)24-11)14(17,18)15(19,20)16(21,22)23/h3-6H,1-2H3. The summed E-state index contributed by atoms with van der Waals surface area (Å²) in [5, 5.41) is -1.96. The van der Waals surface area contributed by atoms with E-state index in [2.05, 4.69) is 4.98 Å². The summed E-state index contributed by atoms with van der Waals surface area (Å²) in [5.74, 6) is -12.3. The van der Waals surface area contributed by atoms with Crippen LogP contribution in [0.3, 0.4) is 0 Å². The summed E-state index contributed by atoms with van der Waals surface area (Å²) >= 11 is 0. The first-order valence-corrected chi connectivity index (χ1v) is 7.54. The van der Waals surface area contributed by atoms with Gasteiger partial charge in [0.1, 0.15) is 0 Å². The van der Waals surface area contributed by atoms with Gasteiger partial charge in [-0.2, -0.15) is 30.7 Å². The summed E-state index contributed by atoms with van der Waals surface area (Å²) < 4.78 is 96.2. The molecule has 0 unspecified atom stereocenters. The van der Waals surface area contributed by atoms with Crippen LogP contribution in [-0.4, -0.2) is 26.2 Å². The minimum atomic E-state index is -6.60. The predicted molar refractivity (Wildman–Crippen MR) is 84.6 cm³/mol. The van der Waals surface area contributed by atoms with E-state index in [1.165, 1.54) is 6.07 Å². The zero-order chi connectivity index (χ0) is 21.2. The number of pyridine rings is 1. The number of nitrogens with zero attached hydrogens (tertiary/aromatic N) is 3. The average Bonchev–Trinajstić information content (AvgIpc) is 2.61. The molecule has 0 radical (unpaired) electrons. The van der Waals surface area contributed by atoms with Gasteiger partial charge >= 0.3 is 23.7 Å². The Labute approximate surface area is 150 Å². The van der Waals surface area contributed by atoms with E-state index in [0.717, 1.165) is 32.3 Å². The maximum absolute atomic E-state index is 14.7. The molecule has 150 valence electrons. The van der Waals surface area contributed by atoms with E-state index in [1.807, 2.05) is 0 Å². The first kappa shape index (κ1) is 19.8. The summed E-state index contributed by atoms with van der Waals surface area (Å²) in [6.07, 6.45) is -6.60. The van der Waals surface area contributed by atoms with Gasteiger partial charge in [0.25, 0.3) is 5.56 Å². The fourth-order valence-electron chi connectivity index (χ4n) is 2.88. The van der Waals surface area contributed by atoms with Crippen molar-refractivity contribution in [1.29, 1.82) is 0 Å². The van der Waals surface area contributed by atoms with E-state index in [1.54, 1.807) is 0 Å². The highest BCUT2D eigenvalue weighted by molar-refractivity contribution is 5.96. The summed E-state index contributed by atoms with van der Waals surface area (Å²) in [5.41, 5.74) is -5.45. The van der Waals surface area contributed by atoms with E-state index in [-0.39, 0.29) is 5.52 Å². The van der Waals surface area contributed by atoms with Crippen LogP contribution in [-0.2, 0) is 20.0 Å². The maximum Gasteiger partial charge on any atom is 0.460 e. The zero-order valence-corrected chi connectivity index (χ0v) is 14.1. The molecule has 0 N–H and O–H groups in total. The van der Waals surface area contributed by atoms with E-state index in [0.29, 0.717) is 9.13 Å². The van der Waals surface area contributed by atoms with Crippen LogP contribution in [0.2, 0.25) is 0 Å². The van der Waals surface area contributed by atoms with Crippen LogP contribution < -0.4 is 11.2 Å². The van der Waals surface area contributed by atoms with Crippen molar-refractivity contribution in [2.45, 2.75) is 18.0 Å². The summed E-state index contributed by atoms with van der Waals surface area (Å²) in [7, 11) is 1.90. The molecule has 0 saturated heterocycles. The van der Waals surface area contributed by atoms with Gasteiger partial charge in [-0.25, -0.2) is 9.78 Å². The zero-order valence-electron chi connectivity index (χ0n) is 14.1. The number of alkyl halides is 7. The van der Waals surface area contributed by atoms with Crippen molar-refractivity contribution in [3.8, 4) is 0 Å². The highest BCUT2D eigenvalue weighted by Crippen LogP contribution is 2.53. The van der Waals surface area contributed by atoms with Gasteiger partial charge in [0, 0.05) is 19.5 Å². The SMILES string of the molecule is Cn1c(=O)c2c(C(F)(F)C(F)(F)C(F)(F)F)c3ccccc3nc2n(C)c1=O. The fraction of sp³-hybridized carbons (Fsp3) is 0.312. The Morgan fingerprint density at radius 3 is 2.04 bits per heavy atom. The molecule has 12 heteroatoms. The lowest BCUT2D eigenvalue weighted by Crippen LogP contribution is -2.51. The minimum absolute atomic E-state index is 0.324. The van der Waals surface area contributed by atoms with Crippen molar-refractivity contribution >= 4 is 21.9 Å². The molecule has 0 aliphatic heterocycles. The van der Waals surface area contributed by atoms with Crippen LogP contribution in [0.1, 0.15) is 5.56 Å². The third-order valence-electron chi connectivity index (χ3n) is 4.35. The Morgan fingerprint density at radius 1 is 0.893 bits per heavy atom. The van der Waals surface area contributed by atoms with Crippen LogP contribution in [0.25, 0.3) is 21.9 Å². The Kier molecular flexibility index (Phi) is 4.10. The lowest BCUT2D eigenvalue weighted by atomic mass is 9.94. The molecule has 1 aromatic carbocycles. The van der Waals surface area contributed by atoms with Gasteiger partial charge in [0.15, 0.2) is 5.65 Å². The number of aryl methyl sites for hydroxylation is 1. The number of halogens is 7. The van der Waals surface area contributed by atoms with Crippen molar-refractivity contribution in [2.75, 3.05) is 0 Å². The van der Waals surface area contributed by atoms with Gasteiger partial charge in [0.2, 0.25) is 0 Å². The topological polar surface area (TPSA) is 56.9 Å². The summed E-state index contributed by atoms with van der Waals surface area (Å²) in [4.78, 5) is 28.3. The van der Waals surface area contributed by atoms with Crippen LogP contribution >= 0.6 is 0 Å². The predicted octanol–water partition coefficient (Wildman–Crippen LogP) is 3.07. The molecule has 0 fully saturated rings. The van der Waals surface area contributed by atoms with Crippen LogP contribution in [0.15, 0.2) is 33.9 Å². The molecule has 2 aromatic heterocycles. The number of aromatic nitrogens is 3. The molecule has 0 aliphatic carbocycles. The first-order valence-electron chi connectivity index (χ1n) is 7.54. The number of benzene rings is 1. The van der Waals surface area contributed by atoms with E-state index >= 15 is 0 Å². The molecule has 2 heterocycles. The van der Waals surface area contributed by atoms with Crippen LogP contribution in [0.5, 0.6) is 0 Å². The van der Waals surface area contributed by atoms with Crippen LogP contribution in [0.4, 0.5) is 30.7 Å². The van der Waals surface area contributed by atoms with Gasteiger partial charge in [-0.3, -0.25) is 13.9 Å². The van der Waals surface area contributed by atoms with E-state index < -0.39 is 51.3 Å². The second kappa shape index (κ2) is 5.79. The molecular formula is C16H10F7N3O2. The van der Waals surface area contributed by atoms with Crippen molar-refractivity contribution in [1.82, 2.24) is 14.1 Å².